The van der Waals surface area contributed by atoms with Crippen molar-refractivity contribution in [3.05, 3.63) is 88.4 Å². The van der Waals surface area contributed by atoms with Crippen LogP contribution in [0.4, 0.5) is 5.69 Å². The molecule has 1 N–H and O–H groups in total. The van der Waals surface area contributed by atoms with Gasteiger partial charge in [-0.05, 0) is 60.9 Å². The Morgan fingerprint density at radius 3 is 2.38 bits per heavy atom. The van der Waals surface area contributed by atoms with Crippen LogP contribution in [-0.4, -0.2) is 38.8 Å². The molecule has 0 atom stereocenters. The lowest BCUT2D eigenvalue weighted by atomic mass is 10.1. The Morgan fingerprint density at radius 1 is 1.03 bits per heavy atom. The van der Waals surface area contributed by atoms with E-state index >= 15 is 0 Å². The molecule has 8 heteroatoms. The van der Waals surface area contributed by atoms with E-state index < -0.39 is 15.9 Å². The third-order valence-corrected chi connectivity index (χ3v) is 7.28. The van der Waals surface area contributed by atoms with E-state index in [1.54, 1.807) is 24.3 Å². The zero-order chi connectivity index (χ0) is 23.1. The zero-order valence-corrected chi connectivity index (χ0v) is 20.3. The highest BCUT2D eigenvalue weighted by Crippen LogP contribution is 2.25. The monoisotopic (exact) mass is 516 g/mol. The quantitative estimate of drug-likeness (QED) is 0.449. The molecular weight excluding hydrogens is 492 g/mol. The highest BCUT2D eigenvalue weighted by molar-refractivity contribution is 9.10. The first kappa shape index (κ1) is 24.0. The molecule has 168 valence electrons. The average Bonchev–Trinajstić information content (AvgIpc) is 2.77. The number of hydrogen-bond donors (Lipinski definition) is 1. The number of benzene rings is 3. The minimum atomic E-state index is -3.88. The zero-order valence-electron chi connectivity index (χ0n) is 17.9. The molecule has 3 aromatic carbocycles. The van der Waals surface area contributed by atoms with E-state index in [1.165, 1.54) is 23.5 Å². The first-order valence-electron chi connectivity index (χ1n) is 10.0. The molecule has 3 rings (SSSR count). The number of rotatable bonds is 9. The summed E-state index contributed by atoms with van der Waals surface area (Å²) in [6.45, 7) is 1.75. The topological polar surface area (TPSA) is 75.7 Å². The molecule has 32 heavy (non-hydrogen) atoms. The fraction of sp³-hybridized carbons (Fsp3) is 0.208. The van der Waals surface area contributed by atoms with Crippen LogP contribution in [0.3, 0.4) is 0 Å². The molecule has 0 radical (unpaired) electrons. The molecule has 0 saturated carbocycles. The summed E-state index contributed by atoms with van der Waals surface area (Å²) in [5, 5.41) is 2.79. The van der Waals surface area contributed by atoms with Crippen LogP contribution in [0.15, 0.2) is 82.2 Å². The molecule has 0 spiro atoms. The van der Waals surface area contributed by atoms with Gasteiger partial charge in [0.25, 0.3) is 0 Å². The molecule has 1 amide bonds. The van der Waals surface area contributed by atoms with Crippen molar-refractivity contribution in [2.45, 2.75) is 18.2 Å². The van der Waals surface area contributed by atoms with Crippen LogP contribution in [-0.2, 0) is 21.2 Å². The number of amides is 1. The molecule has 0 aliphatic rings. The largest absolute Gasteiger partial charge is 0.495 e. The van der Waals surface area contributed by atoms with Crippen molar-refractivity contribution in [3.8, 4) is 5.75 Å². The summed E-state index contributed by atoms with van der Waals surface area (Å²) in [5.74, 6) is 0.0678. The van der Waals surface area contributed by atoms with E-state index in [1.807, 2.05) is 43.3 Å². The van der Waals surface area contributed by atoms with E-state index in [0.29, 0.717) is 17.9 Å². The second-order valence-corrected chi connectivity index (χ2v) is 10.1. The second-order valence-electron chi connectivity index (χ2n) is 7.28. The van der Waals surface area contributed by atoms with Crippen molar-refractivity contribution in [2.24, 2.45) is 0 Å². The Morgan fingerprint density at radius 2 is 1.72 bits per heavy atom. The van der Waals surface area contributed by atoms with Gasteiger partial charge in [0.2, 0.25) is 15.9 Å². The summed E-state index contributed by atoms with van der Waals surface area (Å²) in [4.78, 5) is 13.0. The maximum Gasteiger partial charge on any atom is 0.243 e. The lowest BCUT2D eigenvalue weighted by Gasteiger charge is -2.22. The molecule has 3 aromatic rings. The van der Waals surface area contributed by atoms with Crippen molar-refractivity contribution >= 4 is 37.5 Å². The summed E-state index contributed by atoms with van der Waals surface area (Å²) in [5.41, 5.74) is 2.44. The molecular formula is C24H25BrN2O4S. The highest BCUT2D eigenvalue weighted by atomic mass is 79.9. The molecule has 0 bridgehead atoms. The SMILES string of the molecule is COc1ccc(C)cc1NC(=O)CN(CCc1ccccc1)S(=O)(=O)c1ccc(Br)cc1. The molecule has 0 aliphatic heterocycles. The number of carbonyl (C=O) groups is 1. The maximum atomic E-state index is 13.3. The molecule has 0 aromatic heterocycles. The van der Waals surface area contributed by atoms with Gasteiger partial charge in [-0.1, -0.05) is 52.3 Å². The van der Waals surface area contributed by atoms with Gasteiger partial charge >= 0.3 is 0 Å². The number of nitrogens with zero attached hydrogens (tertiary/aromatic N) is 1. The summed E-state index contributed by atoms with van der Waals surface area (Å²) in [6.07, 6.45) is 0.484. The number of aryl methyl sites for hydroxylation is 1. The van der Waals surface area contributed by atoms with Crippen LogP contribution < -0.4 is 10.1 Å². The van der Waals surface area contributed by atoms with Crippen LogP contribution in [0.25, 0.3) is 0 Å². The van der Waals surface area contributed by atoms with Crippen molar-refractivity contribution in [1.82, 2.24) is 4.31 Å². The third kappa shape index (κ3) is 6.18. The number of ether oxygens (including phenoxy) is 1. The van der Waals surface area contributed by atoms with Crippen LogP contribution in [0.2, 0.25) is 0 Å². The Kier molecular flexibility index (Phi) is 8.06. The van der Waals surface area contributed by atoms with Gasteiger partial charge in [0.05, 0.1) is 24.2 Å². The normalized spacial score (nSPS) is 11.4. The van der Waals surface area contributed by atoms with Crippen molar-refractivity contribution in [3.63, 3.8) is 0 Å². The first-order chi connectivity index (χ1) is 15.3. The minimum absolute atomic E-state index is 0.134. The summed E-state index contributed by atoms with van der Waals surface area (Å²) >= 11 is 3.32. The van der Waals surface area contributed by atoms with Gasteiger partial charge in [0, 0.05) is 11.0 Å². The number of methoxy groups -OCH3 is 1. The molecule has 0 heterocycles. The van der Waals surface area contributed by atoms with E-state index in [9.17, 15) is 13.2 Å². The predicted molar refractivity (Wildman–Crippen MR) is 129 cm³/mol. The molecule has 0 saturated heterocycles. The fourth-order valence-electron chi connectivity index (χ4n) is 3.21. The van der Waals surface area contributed by atoms with Crippen LogP contribution in [0.1, 0.15) is 11.1 Å². The van der Waals surface area contributed by atoms with Crippen LogP contribution >= 0.6 is 15.9 Å². The molecule has 0 unspecified atom stereocenters. The van der Waals surface area contributed by atoms with Crippen molar-refractivity contribution < 1.29 is 17.9 Å². The number of nitrogens with one attached hydrogen (secondary N) is 1. The standard InChI is InChI=1S/C24H25BrN2O4S/c1-18-8-13-23(31-2)22(16-18)26-24(28)17-27(15-14-19-6-4-3-5-7-19)32(29,30)21-11-9-20(25)10-12-21/h3-13,16H,14-15,17H2,1-2H3,(H,26,28). The van der Waals surface area contributed by atoms with Crippen molar-refractivity contribution in [1.29, 1.82) is 0 Å². The Labute approximate surface area is 197 Å². The number of halogens is 1. The Balaban J connectivity index is 1.84. The summed E-state index contributed by atoms with van der Waals surface area (Å²) in [6, 6.07) is 21.4. The smallest absolute Gasteiger partial charge is 0.243 e. The Bertz CT molecular complexity index is 1170. The lowest BCUT2D eigenvalue weighted by molar-refractivity contribution is -0.116. The predicted octanol–water partition coefficient (Wildman–Crippen LogP) is 4.64. The van der Waals surface area contributed by atoms with E-state index in [4.69, 9.17) is 4.74 Å². The Hall–Kier alpha value is -2.68. The van der Waals surface area contributed by atoms with Crippen LogP contribution in [0, 0.1) is 6.92 Å². The van der Waals surface area contributed by atoms with Crippen molar-refractivity contribution in [2.75, 3.05) is 25.5 Å². The van der Waals surface area contributed by atoms with Gasteiger partial charge in [0.1, 0.15) is 5.75 Å². The van der Waals surface area contributed by atoms with E-state index in [-0.39, 0.29) is 18.0 Å². The average molecular weight is 517 g/mol. The molecule has 6 nitrogen and oxygen atoms in total. The van der Waals surface area contributed by atoms with Gasteiger partial charge in [-0.15, -0.1) is 0 Å². The fourth-order valence-corrected chi connectivity index (χ4v) is 4.87. The van der Waals surface area contributed by atoms with Crippen LogP contribution in [0.5, 0.6) is 5.75 Å². The van der Waals surface area contributed by atoms with Gasteiger partial charge in [-0.3, -0.25) is 4.79 Å². The van der Waals surface area contributed by atoms with Gasteiger partial charge in [-0.2, -0.15) is 4.31 Å². The minimum Gasteiger partial charge on any atom is -0.495 e. The van der Waals surface area contributed by atoms with E-state index in [0.717, 1.165) is 15.6 Å². The number of carbonyl (C=O) groups excluding carboxylic acids is 1. The van der Waals surface area contributed by atoms with Gasteiger partial charge in [-0.25, -0.2) is 8.42 Å². The van der Waals surface area contributed by atoms with Gasteiger partial charge in [0.15, 0.2) is 0 Å². The van der Waals surface area contributed by atoms with Gasteiger partial charge < -0.3 is 10.1 Å². The summed E-state index contributed by atoms with van der Waals surface area (Å²) in [7, 11) is -2.36. The number of sulfonamides is 1. The number of anilines is 1. The summed E-state index contributed by atoms with van der Waals surface area (Å²) < 4.78 is 34.0. The molecule has 0 aliphatic carbocycles. The van der Waals surface area contributed by atoms with E-state index in [2.05, 4.69) is 21.2 Å². The number of hydrogen-bond acceptors (Lipinski definition) is 4. The first-order valence-corrected chi connectivity index (χ1v) is 12.3. The third-order valence-electron chi connectivity index (χ3n) is 4.89. The molecule has 0 fully saturated rings. The maximum absolute atomic E-state index is 13.3. The highest BCUT2D eigenvalue weighted by Gasteiger charge is 2.27. The lowest BCUT2D eigenvalue weighted by Crippen LogP contribution is -2.39. The second kappa shape index (κ2) is 10.8.